The Bertz CT molecular complexity index is 713. The van der Waals surface area contributed by atoms with Gasteiger partial charge in [-0.2, -0.15) is 0 Å². The number of hydrogen-bond donors (Lipinski definition) is 1. The molecule has 0 aromatic heterocycles. The van der Waals surface area contributed by atoms with Crippen LogP contribution in [0.3, 0.4) is 0 Å². The number of nitrogens with zero attached hydrogens (tertiary/aromatic N) is 2. The maximum atomic E-state index is 12.0. The summed E-state index contributed by atoms with van der Waals surface area (Å²) in [6, 6.07) is 8.03. The van der Waals surface area contributed by atoms with E-state index in [9.17, 15) is 4.79 Å². The molecule has 2 heterocycles. The minimum absolute atomic E-state index is 0.251. The van der Waals surface area contributed by atoms with Crippen molar-refractivity contribution in [1.29, 1.82) is 0 Å². The second-order valence-electron chi connectivity index (χ2n) is 10.0. The number of hydrogen-bond acceptors (Lipinski definition) is 4. The van der Waals surface area contributed by atoms with E-state index >= 15 is 0 Å². The molecule has 1 N–H and O–H groups in total. The lowest BCUT2D eigenvalue weighted by molar-refractivity contribution is 0.0473. The lowest BCUT2D eigenvalue weighted by Gasteiger charge is -2.40. The minimum atomic E-state index is -0.433. The number of rotatable bonds is 3. The van der Waals surface area contributed by atoms with E-state index in [0.29, 0.717) is 6.04 Å². The molecule has 2 fully saturated rings. The van der Waals surface area contributed by atoms with Crippen LogP contribution in [0.15, 0.2) is 18.2 Å². The van der Waals surface area contributed by atoms with Crippen LogP contribution >= 0.6 is 0 Å². The van der Waals surface area contributed by atoms with Crippen LogP contribution in [0.25, 0.3) is 0 Å². The third kappa shape index (κ3) is 5.25. The van der Waals surface area contributed by atoms with Crippen LogP contribution in [0.2, 0.25) is 0 Å². The van der Waals surface area contributed by atoms with Crippen LogP contribution in [0.5, 0.6) is 0 Å². The highest BCUT2D eigenvalue weighted by Gasteiger charge is 2.30. The summed E-state index contributed by atoms with van der Waals surface area (Å²) in [7, 11) is 0. The van der Waals surface area contributed by atoms with E-state index in [4.69, 9.17) is 4.74 Å². The first-order valence-corrected chi connectivity index (χ1v) is 11.5. The SMILES string of the molecule is CC(C)(C)OC(=O)NC1CCC(N2CCc3cc(N4CCCC4)ccc3C2)CC1. The van der Waals surface area contributed by atoms with Crippen molar-refractivity contribution >= 4 is 11.8 Å². The van der Waals surface area contributed by atoms with Crippen LogP contribution in [0.4, 0.5) is 10.5 Å². The molecule has 5 nitrogen and oxygen atoms in total. The Hall–Kier alpha value is -1.75. The van der Waals surface area contributed by atoms with Gasteiger partial charge in [-0.1, -0.05) is 6.07 Å². The standard InChI is InChI=1S/C24H37N3O2/c1-24(2,3)29-23(28)25-20-7-10-21(11-8-20)27-15-12-18-16-22(9-6-19(18)17-27)26-13-4-5-14-26/h6,9,16,20-21H,4-5,7-8,10-15,17H2,1-3H3,(H,25,28). The number of anilines is 1. The molecule has 3 aliphatic rings. The van der Waals surface area contributed by atoms with E-state index in [0.717, 1.165) is 45.2 Å². The highest BCUT2D eigenvalue weighted by atomic mass is 16.6. The minimum Gasteiger partial charge on any atom is -0.444 e. The molecule has 1 amide bonds. The molecule has 1 saturated heterocycles. The van der Waals surface area contributed by atoms with Gasteiger partial charge in [-0.3, -0.25) is 4.90 Å². The number of ether oxygens (including phenoxy) is 1. The van der Waals surface area contributed by atoms with Crippen molar-refractivity contribution in [2.75, 3.05) is 24.5 Å². The van der Waals surface area contributed by atoms with Gasteiger partial charge >= 0.3 is 6.09 Å². The van der Waals surface area contributed by atoms with Crippen molar-refractivity contribution < 1.29 is 9.53 Å². The Balaban J connectivity index is 1.28. The zero-order chi connectivity index (χ0) is 20.4. The second-order valence-corrected chi connectivity index (χ2v) is 10.0. The van der Waals surface area contributed by atoms with Crippen LogP contribution < -0.4 is 10.2 Å². The fourth-order valence-electron chi connectivity index (χ4n) is 5.10. The molecule has 1 aromatic carbocycles. The van der Waals surface area contributed by atoms with Crippen molar-refractivity contribution in [3.8, 4) is 0 Å². The fourth-order valence-corrected chi connectivity index (χ4v) is 5.10. The number of carbonyl (C=O) groups is 1. The number of benzene rings is 1. The Morgan fingerprint density at radius 1 is 1.03 bits per heavy atom. The highest BCUT2D eigenvalue weighted by molar-refractivity contribution is 5.68. The molecule has 0 spiro atoms. The molecule has 1 aromatic rings. The molecule has 1 saturated carbocycles. The smallest absolute Gasteiger partial charge is 0.407 e. The van der Waals surface area contributed by atoms with Gasteiger partial charge in [0.15, 0.2) is 0 Å². The zero-order valence-electron chi connectivity index (χ0n) is 18.4. The second kappa shape index (κ2) is 8.55. The number of carbonyl (C=O) groups excluding carboxylic acids is 1. The Kier molecular flexibility index (Phi) is 6.05. The normalized spacial score (nSPS) is 25.6. The van der Waals surface area contributed by atoms with Crippen molar-refractivity contribution in [2.45, 2.75) is 89.9 Å². The zero-order valence-corrected chi connectivity index (χ0v) is 18.4. The predicted molar refractivity (Wildman–Crippen MR) is 117 cm³/mol. The van der Waals surface area contributed by atoms with Crippen molar-refractivity contribution in [3.05, 3.63) is 29.3 Å². The van der Waals surface area contributed by atoms with Gasteiger partial charge in [0.2, 0.25) is 0 Å². The van der Waals surface area contributed by atoms with Crippen molar-refractivity contribution in [1.82, 2.24) is 10.2 Å². The number of fused-ring (bicyclic) bond motifs is 1. The van der Waals surface area contributed by atoms with Crippen molar-refractivity contribution in [3.63, 3.8) is 0 Å². The maximum Gasteiger partial charge on any atom is 0.407 e. The molecule has 0 radical (unpaired) electrons. The number of nitrogens with one attached hydrogen (secondary N) is 1. The molecule has 0 bridgehead atoms. The van der Waals surface area contributed by atoms with E-state index in [1.807, 2.05) is 20.8 Å². The lowest BCUT2D eigenvalue weighted by atomic mass is 9.88. The average molecular weight is 400 g/mol. The van der Waals surface area contributed by atoms with Gasteiger partial charge in [-0.25, -0.2) is 4.79 Å². The van der Waals surface area contributed by atoms with Gasteiger partial charge in [0, 0.05) is 44.0 Å². The summed E-state index contributed by atoms with van der Waals surface area (Å²) in [5.74, 6) is 0. The molecule has 0 unspecified atom stereocenters. The first-order chi connectivity index (χ1) is 13.9. The third-order valence-electron chi connectivity index (χ3n) is 6.64. The number of alkyl carbamates (subject to hydrolysis) is 1. The Morgan fingerprint density at radius 2 is 1.76 bits per heavy atom. The molecule has 4 rings (SSSR count). The lowest BCUT2D eigenvalue weighted by Crippen LogP contribution is -2.46. The Labute approximate surface area is 175 Å². The van der Waals surface area contributed by atoms with Gasteiger partial charge in [0.1, 0.15) is 5.60 Å². The van der Waals surface area contributed by atoms with Gasteiger partial charge in [-0.05, 0) is 89.0 Å². The summed E-state index contributed by atoms with van der Waals surface area (Å²) < 4.78 is 5.41. The summed E-state index contributed by atoms with van der Waals surface area (Å²) in [6.07, 6.45) is 7.94. The quantitative estimate of drug-likeness (QED) is 0.814. The van der Waals surface area contributed by atoms with Gasteiger partial charge in [0.25, 0.3) is 0 Å². The first-order valence-electron chi connectivity index (χ1n) is 11.5. The van der Waals surface area contributed by atoms with E-state index in [-0.39, 0.29) is 12.1 Å². The third-order valence-corrected chi connectivity index (χ3v) is 6.64. The summed E-state index contributed by atoms with van der Waals surface area (Å²) in [5, 5.41) is 3.06. The van der Waals surface area contributed by atoms with E-state index in [1.54, 1.807) is 5.56 Å². The topological polar surface area (TPSA) is 44.8 Å². The molecular formula is C24H37N3O2. The van der Waals surface area contributed by atoms with Gasteiger partial charge in [0.05, 0.1) is 0 Å². The van der Waals surface area contributed by atoms with E-state index in [1.165, 1.54) is 37.2 Å². The van der Waals surface area contributed by atoms with Crippen LogP contribution in [0, 0.1) is 0 Å². The fraction of sp³-hybridized carbons (Fsp3) is 0.708. The molecule has 0 atom stereocenters. The molecule has 2 aliphatic heterocycles. The molecule has 160 valence electrons. The molecule has 29 heavy (non-hydrogen) atoms. The summed E-state index contributed by atoms with van der Waals surface area (Å²) in [5.41, 5.74) is 4.04. The number of amides is 1. The summed E-state index contributed by atoms with van der Waals surface area (Å²) >= 11 is 0. The summed E-state index contributed by atoms with van der Waals surface area (Å²) in [4.78, 5) is 17.2. The van der Waals surface area contributed by atoms with E-state index < -0.39 is 5.60 Å². The van der Waals surface area contributed by atoms with Crippen LogP contribution in [-0.4, -0.2) is 48.3 Å². The van der Waals surface area contributed by atoms with Gasteiger partial charge < -0.3 is 15.0 Å². The highest BCUT2D eigenvalue weighted by Crippen LogP contribution is 2.31. The van der Waals surface area contributed by atoms with Gasteiger partial charge in [-0.15, -0.1) is 0 Å². The first kappa shape index (κ1) is 20.5. The average Bonchev–Trinajstić information content (AvgIpc) is 3.21. The summed E-state index contributed by atoms with van der Waals surface area (Å²) in [6.45, 7) is 10.4. The predicted octanol–water partition coefficient (Wildman–Crippen LogP) is 4.48. The Morgan fingerprint density at radius 3 is 2.45 bits per heavy atom. The molecule has 1 aliphatic carbocycles. The van der Waals surface area contributed by atoms with Crippen LogP contribution in [-0.2, 0) is 17.7 Å². The van der Waals surface area contributed by atoms with E-state index in [2.05, 4.69) is 33.3 Å². The van der Waals surface area contributed by atoms with Crippen molar-refractivity contribution in [2.24, 2.45) is 0 Å². The monoisotopic (exact) mass is 399 g/mol. The molecular weight excluding hydrogens is 362 g/mol. The van der Waals surface area contributed by atoms with Crippen LogP contribution in [0.1, 0.15) is 70.4 Å². The maximum absolute atomic E-state index is 12.0. The molecule has 5 heteroatoms. The largest absolute Gasteiger partial charge is 0.444 e.